The summed E-state index contributed by atoms with van der Waals surface area (Å²) in [6.45, 7) is 3.99. The van der Waals surface area contributed by atoms with Crippen LogP contribution in [-0.4, -0.2) is 14.3 Å². The minimum absolute atomic E-state index is 0.0542. The Kier molecular flexibility index (Phi) is 6.95. The Morgan fingerprint density at radius 2 is 1.63 bits per heavy atom. The maximum absolute atomic E-state index is 13.5. The number of sulfonamides is 1. The van der Waals surface area contributed by atoms with E-state index < -0.39 is 15.9 Å². The number of benzene rings is 3. The molecule has 0 atom stereocenters. The quantitative estimate of drug-likeness (QED) is 0.450. The van der Waals surface area contributed by atoms with Crippen LogP contribution in [0.1, 0.15) is 41.3 Å². The Hall–Kier alpha value is -2.63. The number of hydrogen-bond acceptors (Lipinski definition) is 3. The summed E-state index contributed by atoms with van der Waals surface area (Å²) >= 11 is 6.04. The molecule has 6 heteroatoms. The first-order chi connectivity index (χ1) is 14.3. The third-order valence-corrected chi connectivity index (χ3v) is 6.77. The fourth-order valence-electron chi connectivity index (χ4n) is 3.10. The third kappa shape index (κ3) is 4.91. The normalized spacial score (nSPS) is 11.3. The maximum Gasteiger partial charge on any atom is 0.272 e. The lowest BCUT2D eigenvalue weighted by Crippen LogP contribution is -2.37. The molecular weight excluding hydrogens is 418 g/mol. The molecule has 0 aliphatic carbocycles. The summed E-state index contributed by atoms with van der Waals surface area (Å²) in [5.41, 5.74) is 2.53. The Labute approximate surface area is 183 Å². The predicted molar refractivity (Wildman–Crippen MR) is 122 cm³/mol. The van der Waals surface area contributed by atoms with Gasteiger partial charge in [0, 0.05) is 10.6 Å². The van der Waals surface area contributed by atoms with Crippen molar-refractivity contribution in [1.82, 2.24) is 0 Å². The number of halogens is 1. The van der Waals surface area contributed by atoms with Crippen LogP contribution in [0.5, 0.6) is 0 Å². The van der Waals surface area contributed by atoms with Crippen molar-refractivity contribution in [2.24, 2.45) is 0 Å². The first-order valence-electron chi connectivity index (χ1n) is 9.84. The van der Waals surface area contributed by atoms with Gasteiger partial charge in [-0.15, -0.1) is 0 Å². The van der Waals surface area contributed by atoms with Gasteiger partial charge in [-0.2, -0.15) is 4.31 Å². The van der Waals surface area contributed by atoms with Gasteiger partial charge in [-0.05, 0) is 67.8 Å². The van der Waals surface area contributed by atoms with Crippen LogP contribution in [0.2, 0.25) is 5.02 Å². The largest absolute Gasteiger partial charge is 0.272 e. The average Bonchev–Trinajstić information content (AvgIpc) is 2.73. The molecule has 4 nitrogen and oxygen atoms in total. The van der Waals surface area contributed by atoms with Gasteiger partial charge < -0.3 is 0 Å². The fourth-order valence-corrected chi connectivity index (χ4v) is 4.70. The van der Waals surface area contributed by atoms with E-state index in [2.05, 4.69) is 6.92 Å². The van der Waals surface area contributed by atoms with E-state index in [1.807, 2.05) is 19.1 Å². The van der Waals surface area contributed by atoms with Crippen molar-refractivity contribution in [1.29, 1.82) is 0 Å². The highest BCUT2D eigenvalue weighted by Crippen LogP contribution is 2.27. The number of anilines is 1. The van der Waals surface area contributed by atoms with Gasteiger partial charge in [0.05, 0.1) is 10.6 Å². The summed E-state index contributed by atoms with van der Waals surface area (Å²) in [5.74, 6) is -0.653. The van der Waals surface area contributed by atoms with Crippen molar-refractivity contribution in [2.45, 2.75) is 38.0 Å². The van der Waals surface area contributed by atoms with Crippen LogP contribution in [-0.2, 0) is 16.4 Å². The minimum atomic E-state index is -4.12. The molecule has 0 fully saturated rings. The highest BCUT2D eigenvalue weighted by molar-refractivity contribution is 7.93. The van der Waals surface area contributed by atoms with Gasteiger partial charge in [0.25, 0.3) is 15.9 Å². The fraction of sp³-hybridized carbons (Fsp3) is 0.208. The molecular formula is C24H24ClNO3S. The van der Waals surface area contributed by atoms with Crippen molar-refractivity contribution in [2.75, 3.05) is 4.31 Å². The summed E-state index contributed by atoms with van der Waals surface area (Å²) in [7, 11) is -4.12. The molecule has 3 aromatic rings. The van der Waals surface area contributed by atoms with E-state index in [1.165, 1.54) is 18.2 Å². The van der Waals surface area contributed by atoms with Gasteiger partial charge in [0.1, 0.15) is 0 Å². The molecule has 0 saturated carbocycles. The van der Waals surface area contributed by atoms with Crippen LogP contribution in [0.25, 0.3) is 0 Å². The number of carbonyl (C=O) groups excluding carboxylic acids is 1. The van der Waals surface area contributed by atoms with E-state index in [0.717, 1.165) is 34.7 Å². The Morgan fingerprint density at radius 3 is 2.23 bits per heavy atom. The molecule has 3 rings (SSSR count). The highest BCUT2D eigenvalue weighted by Gasteiger charge is 2.32. The van der Waals surface area contributed by atoms with Crippen molar-refractivity contribution >= 4 is 33.2 Å². The van der Waals surface area contributed by atoms with Crippen LogP contribution in [0.15, 0.2) is 77.7 Å². The maximum atomic E-state index is 13.5. The molecule has 0 aliphatic rings. The summed E-state index contributed by atoms with van der Waals surface area (Å²) < 4.78 is 27.8. The molecule has 0 spiro atoms. The second-order valence-electron chi connectivity index (χ2n) is 7.17. The molecule has 0 aromatic heterocycles. The second-order valence-corrected chi connectivity index (χ2v) is 9.39. The van der Waals surface area contributed by atoms with Crippen LogP contribution in [0, 0.1) is 6.92 Å². The van der Waals surface area contributed by atoms with E-state index in [9.17, 15) is 13.2 Å². The van der Waals surface area contributed by atoms with Crippen LogP contribution >= 0.6 is 11.6 Å². The van der Waals surface area contributed by atoms with E-state index in [1.54, 1.807) is 42.5 Å². The molecule has 0 radical (unpaired) electrons. The van der Waals surface area contributed by atoms with Crippen molar-refractivity contribution < 1.29 is 13.2 Å². The molecule has 3 aromatic carbocycles. The molecule has 1 amide bonds. The van der Waals surface area contributed by atoms with E-state index >= 15 is 0 Å². The number of nitrogens with zero attached hydrogens (tertiary/aromatic N) is 1. The molecule has 0 bridgehead atoms. The van der Waals surface area contributed by atoms with Crippen molar-refractivity contribution in [3.05, 3.63) is 94.5 Å². The van der Waals surface area contributed by atoms with E-state index in [4.69, 9.17) is 11.6 Å². The van der Waals surface area contributed by atoms with Gasteiger partial charge in [0.2, 0.25) is 0 Å². The molecule has 0 unspecified atom stereocenters. The number of carbonyl (C=O) groups is 1. The monoisotopic (exact) mass is 441 g/mol. The first kappa shape index (κ1) is 22.1. The van der Waals surface area contributed by atoms with E-state index in [0.29, 0.717) is 10.7 Å². The SMILES string of the molecule is CCCCc1ccc(N(C(=O)c2cccc(Cl)c2)S(=O)(=O)c2ccc(C)cc2)cc1. The number of aryl methyl sites for hydroxylation is 2. The van der Waals surface area contributed by atoms with Crippen molar-refractivity contribution in [3.63, 3.8) is 0 Å². The lowest BCUT2D eigenvalue weighted by Gasteiger charge is -2.23. The predicted octanol–water partition coefficient (Wildman–Crippen LogP) is 6.03. The summed E-state index contributed by atoms with van der Waals surface area (Å²) in [5, 5.41) is 0.364. The summed E-state index contributed by atoms with van der Waals surface area (Å²) in [4.78, 5) is 13.4. The van der Waals surface area contributed by atoms with Crippen LogP contribution in [0.4, 0.5) is 5.69 Å². The molecule has 0 heterocycles. The van der Waals surface area contributed by atoms with Gasteiger partial charge >= 0.3 is 0 Å². The molecule has 0 N–H and O–H groups in total. The minimum Gasteiger partial charge on any atom is -0.268 e. The van der Waals surface area contributed by atoms with Crippen LogP contribution < -0.4 is 4.31 Å². The number of amides is 1. The van der Waals surface area contributed by atoms with Crippen molar-refractivity contribution in [3.8, 4) is 0 Å². The van der Waals surface area contributed by atoms with Crippen LogP contribution in [0.3, 0.4) is 0 Å². The van der Waals surface area contributed by atoms with Gasteiger partial charge in [0.15, 0.2) is 0 Å². The lowest BCUT2D eigenvalue weighted by molar-refractivity contribution is 0.101. The number of unbranched alkanes of at least 4 members (excludes halogenated alkanes) is 1. The van der Waals surface area contributed by atoms with Gasteiger partial charge in [-0.25, -0.2) is 8.42 Å². The van der Waals surface area contributed by atoms with Gasteiger partial charge in [-0.1, -0.05) is 60.8 Å². The Bertz CT molecular complexity index is 1120. The average molecular weight is 442 g/mol. The van der Waals surface area contributed by atoms with E-state index in [-0.39, 0.29) is 10.5 Å². The third-order valence-electron chi connectivity index (χ3n) is 4.81. The second kappa shape index (κ2) is 9.45. The first-order valence-corrected chi connectivity index (χ1v) is 11.7. The summed E-state index contributed by atoms with van der Waals surface area (Å²) in [6, 6.07) is 19.8. The zero-order valence-electron chi connectivity index (χ0n) is 17.0. The molecule has 30 heavy (non-hydrogen) atoms. The zero-order valence-corrected chi connectivity index (χ0v) is 18.6. The summed E-state index contributed by atoms with van der Waals surface area (Å²) in [6.07, 6.45) is 3.03. The zero-order chi connectivity index (χ0) is 21.7. The molecule has 0 aliphatic heterocycles. The topological polar surface area (TPSA) is 54.5 Å². The van der Waals surface area contributed by atoms with Gasteiger partial charge in [-0.3, -0.25) is 4.79 Å². The number of rotatable bonds is 7. The Balaban J connectivity index is 2.08. The standard InChI is InChI=1S/C24H24ClNO3S/c1-3-4-6-19-11-13-22(14-12-19)26(24(27)20-7-5-8-21(25)17-20)30(28,29)23-15-9-18(2)10-16-23/h5,7-17H,3-4,6H2,1-2H3. The number of hydrogen-bond donors (Lipinski definition) is 0. The smallest absolute Gasteiger partial charge is 0.268 e. The lowest BCUT2D eigenvalue weighted by atomic mass is 10.1. The molecule has 156 valence electrons. The Morgan fingerprint density at radius 1 is 0.967 bits per heavy atom. The highest BCUT2D eigenvalue weighted by atomic mass is 35.5. The molecule has 0 saturated heterocycles.